The van der Waals surface area contributed by atoms with Gasteiger partial charge < -0.3 is 4.90 Å². The average molecular weight is 584 g/mol. The van der Waals surface area contributed by atoms with Gasteiger partial charge >= 0.3 is 0 Å². The molecular weight excluding hydrogens is 554 g/mol. The predicted molar refractivity (Wildman–Crippen MR) is 147 cm³/mol. The number of rotatable bonds is 9. The fourth-order valence-electron chi connectivity index (χ4n) is 4.60. The maximum atomic E-state index is 13.9. The van der Waals surface area contributed by atoms with Gasteiger partial charge in [0.05, 0.1) is 18.1 Å². The number of hydrogen-bond donors (Lipinski definition) is 0. The summed E-state index contributed by atoms with van der Waals surface area (Å²) in [6.45, 7) is 2.22. The van der Waals surface area contributed by atoms with Crippen LogP contribution in [0.2, 0.25) is 10.0 Å². The van der Waals surface area contributed by atoms with Crippen molar-refractivity contribution in [3.8, 4) is 0 Å². The first kappa shape index (κ1) is 28.0. The van der Waals surface area contributed by atoms with E-state index in [4.69, 9.17) is 23.2 Å². The summed E-state index contributed by atoms with van der Waals surface area (Å²) >= 11 is 14.0. The van der Waals surface area contributed by atoms with Crippen molar-refractivity contribution in [1.82, 2.24) is 9.21 Å². The summed E-state index contributed by atoms with van der Waals surface area (Å²) in [7, 11) is -4.11. The Labute approximate surface area is 231 Å². The van der Waals surface area contributed by atoms with Crippen LogP contribution >= 0.6 is 34.5 Å². The molecule has 0 aliphatic heterocycles. The number of nitrogens with zero attached hydrogens (tertiary/aromatic N) is 2. The van der Waals surface area contributed by atoms with E-state index in [1.54, 1.807) is 28.4 Å². The Morgan fingerprint density at radius 2 is 1.73 bits per heavy atom. The molecule has 1 fully saturated rings. The van der Waals surface area contributed by atoms with E-state index in [-0.39, 0.29) is 45.8 Å². The number of benzene rings is 2. The molecule has 198 valence electrons. The molecule has 0 saturated heterocycles. The van der Waals surface area contributed by atoms with Gasteiger partial charge in [0.25, 0.3) is 0 Å². The summed E-state index contributed by atoms with van der Waals surface area (Å²) in [6.07, 6.45) is 4.16. The molecule has 37 heavy (non-hydrogen) atoms. The van der Waals surface area contributed by atoms with Crippen molar-refractivity contribution in [2.75, 3.05) is 6.54 Å². The van der Waals surface area contributed by atoms with Crippen LogP contribution < -0.4 is 0 Å². The highest BCUT2D eigenvalue weighted by atomic mass is 35.5. The summed E-state index contributed by atoms with van der Waals surface area (Å²) in [5.41, 5.74) is 1.82. The number of amides is 1. The van der Waals surface area contributed by atoms with E-state index in [1.165, 1.54) is 34.6 Å². The third-order valence-corrected chi connectivity index (χ3v) is 10.3. The highest BCUT2D eigenvalue weighted by Gasteiger charge is 2.36. The number of halogens is 3. The molecule has 0 unspecified atom stereocenters. The van der Waals surface area contributed by atoms with Crippen molar-refractivity contribution in [1.29, 1.82) is 0 Å². The molecular formula is C27H29Cl2FN2O3S2. The molecule has 0 bridgehead atoms. The molecule has 0 radical (unpaired) electrons. The highest BCUT2D eigenvalue weighted by molar-refractivity contribution is 7.89. The Hall–Kier alpha value is -1.97. The Morgan fingerprint density at radius 3 is 2.38 bits per heavy atom. The van der Waals surface area contributed by atoms with Crippen LogP contribution in [0.5, 0.6) is 0 Å². The second-order valence-electron chi connectivity index (χ2n) is 9.32. The van der Waals surface area contributed by atoms with E-state index < -0.39 is 10.0 Å². The van der Waals surface area contributed by atoms with Crippen molar-refractivity contribution >= 4 is 50.5 Å². The molecule has 1 amide bonds. The van der Waals surface area contributed by atoms with E-state index in [1.807, 2.05) is 18.4 Å². The first-order chi connectivity index (χ1) is 17.6. The van der Waals surface area contributed by atoms with Crippen molar-refractivity contribution < 1.29 is 17.6 Å². The van der Waals surface area contributed by atoms with E-state index in [9.17, 15) is 17.6 Å². The summed E-state index contributed by atoms with van der Waals surface area (Å²) in [6, 6.07) is 12.0. The van der Waals surface area contributed by atoms with Crippen LogP contribution in [-0.2, 0) is 27.9 Å². The molecule has 0 atom stereocenters. The van der Waals surface area contributed by atoms with E-state index in [2.05, 4.69) is 0 Å². The van der Waals surface area contributed by atoms with E-state index in [0.717, 1.165) is 35.3 Å². The lowest BCUT2D eigenvalue weighted by atomic mass is 9.95. The molecule has 0 spiro atoms. The summed E-state index contributed by atoms with van der Waals surface area (Å²) < 4.78 is 42.6. The van der Waals surface area contributed by atoms with Crippen molar-refractivity contribution in [3.05, 3.63) is 85.8 Å². The lowest BCUT2D eigenvalue weighted by Crippen LogP contribution is -2.47. The lowest BCUT2D eigenvalue weighted by molar-refractivity contribution is -0.133. The van der Waals surface area contributed by atoms with Crippen LogP contribution in [-0.4, -0.2) is 36.1 Å². The van der Waals surface area contributed by atoms with E-state index in [0.29, 0.717) is 19.4 Å². The first-order valence-electron chi connectivity index (χ1n) is 12.2. The predicted octanol–water partition coefficient (Wildman–Crippen LogP) is 7.05. The van der Waals surface area contributed by atoms with Crippen molar-refractivity contribution in [2.45, 2.75) is 63.1 Å². The zero-order valence-electron chi connectivity index (χ0n) is 20.5. The van der Waals surface area contributed by atoms with Gasteiger partial charge in [0.2, 0.25) is 15.9 Å². The van der Waals surface area contributed by atoms with Gasteiger partial charge in [-0.1, -0.05) is 54.6 Å². The molecule has 2 aromatic carbocycles. The summed E-state index contributed by atoms with van der Waals surface area (Å²) in [5, 5.41) is 2.28. The first-order valence-corrected chi connectivity index (χ1v) is 15.2. The normalized spacial score (nSPS) is 14.7. The van der Waals surface area contributed by atoms with Crippen LogP contribution in [0.1, 0.15) is 48.1 Å². The Kier molecular flexibility index (Phi) is 9.29. The van der Waals surface area contributed by atoms with Gasteiger partial charge in [-0.05, 0) is 72.7 Å². The third kappa shape index (κ3) is 6.92. The topological polar surface area (TPSA) is 57.7 Å². The van der Waals surface area contributed by atoms with Crippen LogP contribution in [0.3, 0.4) is 0 Å². The second kappa shape index (κ2) is 12.3. The standard InChI is InChI=1S/C27H29Cl2FN2O3S2/c1-19-13-14-36-25(19)17-31(16-20-7-10-22(30)11-8-20)27(33)18-32(23-5-3-2-4-6-23)37(34,35)26-15-21(28)9-12-24(26)29/h7-15,23H,2-6,16-18H2,1H3. The Bertz CT molecular complexity index is 1340. The number of aryl methyl sites for hydroxylation is 1. The van der Waals surface area contributed by atoms with Crippen LogP contribution in [0.15, 0.2) is 58.8 Å². The SMILES string of the molecule is Cc1ccsc1CN(Cc1ccc(F)cc1)C(=O)CN(C1CCCCC1)S(=O)(=O)c1cc(Cl)ccc1Cl. The van der Waals surface area contributed by atoms with Crippen LogP contribution in [0.4, 0.5) is 4.39 Å². The fourth-order valence-corrected chi connectivity index (χ4v) is 7.89. The zero-order valence-corrected chi connectivity index (χ0v) is 23.6. The minimum Gasteiger partial charge on any atom is -0.332 e. The van der Waals surface area contributed by atoms with Gasteiger partial charge in [0.1, 0.15) is 10.7 Å². The Balaban J connectivity index is 1.67. The molecule has 5 nitrogen and oxygen atoms in total. The molecule has 3 aromatic rings. The van der Waals surface area contributed by atoms with Crippen LogP contribution in [0.25, 0.3) is 0 Å². The van der Waals surface area contributed by atoms with Crippen molar-refractivity contribution in [3.63, 3.8) is 0 Å². The quantitative estimate of drug-likeness (QED) is 0.271. The number of hydrogen-bond acceptors (Lipinski definition) is 4. The summed E-state index contributed by atoms with van der Waals surface area (Å²) in [5.74, 6) is -0.687. The lowest BCUT2D eigenvalue weighted by Gasteiger charge is -2.34. The maximum absolute atomic E-state index is 13.9. The molecule has 1 aliphatic carbocycles. The molecule has 0 N–H and O–H groups in total. The Morgan fingerprint density at radius 1 is 1.03 bits per heavy atom. The van der Waals surface area contributed by atoms with Gasteiger partial charge in [-0.2, -0.15) is 4.31 Å². The van der Waals surface area contributed by atoms with Gasteiger partial charge in [-0.25, -0.2) is 12.8 Å². The minimum absolute atomic E-state index is 0.0648. The van der Waals surface area contributed by atoms with Crippen LogP contribution in [0, 0.1) is 12.7 Å². The maximum Gasteiger partial charge on any atom is 0.245 e. The van der Waals surface area contributed by atoms with E-state index >= 15 is 0 Å². The fraction of sp³-hybridized carbons (Fsp3) is 0.370. The molecule has 1 saturated carbocycles. The largest absolute Gasteiger partial charge is 0.332 e. The zero-order chi connectivity index (χ0) is 26.6. The molecule has 1 aliphatic rings. The monoisotopic (exact) mass is 582 g/mol. The minimum atomic E-state index is -4.11. The third-order valence-electron chi connectivity index (χ3n) is 6.69. The smallest absolute Gasteiger partial charge is 0.245 e. The number of sulfonamides is 1. The highest BCUT2D eigenvalue weighted by Crippen LogP contribution is 2.33. The number of thiophene rings is 1. The number of carbonyl (C=O) groups is 1. The molecule has 4 rings (SSSR count). The van der Waals surface area contributed by atoms with Gasteiger partial charge in [-0.3, -0.25) is 4.79 Å². The second-order valence-corrected chi connectivity index (χ2v) is 13.0. The summed E-state index contributed by atoms with van der Waals surface area (Å²) in [4.78, 5) is 16.4. The number of carbonyl (C=O) groups excluding carboxylic acids is 1. The van der Waals surface area contributed by atoms with Gasteiger partial charge in [0, 0.05) is 22.5 Å². The molecule has 10 heteroatoms. The molecule has 1 aromatic heterocycles. The molecule has 1 heterocycles. The van der Waals surface area contributed by atoms with Crippen molar-refractivity contribution in [2.24, 2.45) is 0 Å². The average Bonchev–Trinajstić information content (AvgIpc) is 3.29. The van der Waals surface area contributed by atoms with Gasteiger partial charge in [0.15, 0.2) is 0 Å². The van der Waals surface area contributed by atoms with Gasteiger partial charge in [-0.15, -0.1) is 11.3 Å².